The average molecular weight is 205 g/mol. The Morgan fingerprint density at radius 3 is 2.67 bits per heavy atom. The van der Waals surface area contributed by atoms with E-state index in [1.807, 2.05) is 0 Å². The summed E-state index contributed by atoms with van der Waals surface area (Å²) in [4.78, 5) is 0. The first-order valence-corrected chi connectivity index (χ1v) is 5.22. The molecule has 0 saturated carbocycles. The van der Waals surface area contributed by atoms with Gasteiger partial charge in [-0.3, -0.25) is 0 Å². The van der Waals surface area contributed by atoms with E-state index in [1.54, 1.807) is 12.1 Å². The van der Waals surface area contributed by atoms with Crippen LogP contribution < -0.4 is 5.32 Å². The molecule has 0 bridgehead atoms. The number of hydrogen-bond donors (Lipinski definition) is 1. The highest BCUT2D eigenvalue weighted by atomic mass is 19.1. The van der Waals surface area contributed by atoms with Gasteiger partial charge in [0.05, 0.1) is 0 Å². The largest absolute Gasteiger partial charge is 0.358 e. The lowest BCUT2D eigenvalue weighted by molar-refractivity contribution is 0.410. The van der Waals surface area contributed by atoms with Crippen LogP contribution in [-0.4, -0.2) is 0 Å². The van der Waals surface area contributed by atoms with Crippen molar-refractivity contribution in [3.8, 4) is 0 Å². The molecule has 2 heteroatoms. The van der Waals surface area contributed by atoms with Gasteiger partial charge in [0, 0.05) is 16.8 Å². The molecule has 1 aliphatic heterocycles. The van der Waals surface area contributed by atoms with Crippen molar-refractivity contribution in [2.75, 3.05) is 5.32 Å². The summed E-state index contributed by atoms with van der Waals surface area (Å²) in [5.41, 5.74) is 2.79. The molecule has 15 heavy (non-hydrogen) atoms. The minimum absolute atomic E-state index is 0.169. The van der Waals surface area contributed by atoms with Crippen LogP contribution in [0.5, 0.6) is 0 Å². The third-order valence-electron chi connectivity index (χ3n) is 3.61. The van der Waals surface area contributed by atoms with Gasteiger partial charge < -0.3 is 5.32 Å². The standard InChI is InChI=1S/C13H16FN/c1-8(2)13(4)9(3)15-12-6-5-10(14)7-11(12)13/h5-8,15H,3H2,1-2,4H3/t13-/m0/s1. The Morgan fingerprint density at radius 2 is 2.07 bits per heavy atom. The maximum atomic E-state index is 13.2. The van der Waals surface area contributed by atoms with E-state index in [9.17, 15) is 4.39 Å². The smallest absolute Gasteiger partial charge is 0.123 e. The monoisotopic (exact) mass is 205 g/mol. The van der Waals surface area contributed by atoms with Crippen LogP contribution in [0.4, 0.5) is 10.1 Å². The van der Waals surface area contributed by atoms with Gasteiger partial charge in [0.15, 0.2) is 0 Å². The highest BCUT2D eigenvalue weighted by Crippen LogP contribution is 2.47. The second kappa shape index (κ2) is 3.09. The van der Waals surface area contributed by atoms with E-state index in [0.717, 1.165) is 16.9 Å². The van der Waals surface area contributed by atoms with Gasteiger partial charge in [0.25, 0.3) is 0 Å². The van der Waals surface area contributed by atoms with Crippen molar-refractivity contribution >= 4 is 5.69 Å². The first-order valence-electron chi connectivity index (χ1n) is 5.22. The van der Waals surface area contributed by atoms with Crippen molar-refractivity contribution in [3.63, 3.8) is 0 Å². The molecule has 0 saturated heterocycles. The summed E-state index contributed by atoms with van der Waals surface area (Å²) < 4.78 is 13.2. The first-order chi connectivity index (χ1) is 6.96. The minimum atomic E-state index is -0.183. The Balaban J connectivity index is 2.63. The highest BCUT2D eigenvalue weighted by Gasteiger charge is 2.40. The Bertz CT molecular complexity index is 423. The van der Waals surface area contributed by atoms with E-state index < -0.39 is 0 Å². The summed E-state index contributed by atoms with van der Waals surface area (Å²) in [6.07, 6.45) is 0. The van der Waals surface area contributed by atoms with E-state index in [2.05, 4.69) is 32.7 Å². The van der Waals surface area contributed by atoms with Crippen molar-refractivity contribution in [2.24, 2.45) is 5.92 Å². The summed E-state index contributed by atoms with van der Waals surface area (Å²) in [5.74, 6) is 0.206. The van der Waals surface area contributed by atoms with Crippen molar-refractivity contribution in [1.82, 2.24) is 0 Å². The van der Waals surface area contributed by atoms with Crippen molar-refractivity contribution in [3.05, 3.63) is 41.9 Å². The van der Waals surface area contributed by atoms with Crippen molar-refractivity contribution in [2.45, 2.75) is 26.2 Å². The molecular formula is C13H16FN. The molecule has 1 aromatic carbocycles. The maximum absolute atomic E-state index is 13.2. The molecule has 0 unspecified atom stereocenters. The second-order valence-corrected chi connectivity index (χ2v) is 4.65. The fourth-order valence-electron chi connectivity index (χ4n) is 2.17. The summed E-state index contributed by atoms with van der Waals surface area (Å²) in [6, 6.07) is 4.87. The lowest BCUT2D eigenvalue weighted by Gasteiger charge is -2.30. The van der Waals surface area contributed by atoms with Crippen molar-refractivity contribution in [1.29, 1.82) is 0 Å². The quantitative estimate of drug-likeness (QED) is 0.737. The first kappa shape index (κ1) is 10.2. The predicted octanol–water partition coefficient (Wildman–Crippen LogP) is 3.68. The van der Waals surface area contributed by atoms with Crippen LogP contribution in [0.2, 0.25) is 0 Å². The summed E-state index contributed by atoms with van der Waals surface area (Å²) >= 11 is 0. The topological polar surface area (TPSA) is 12.0 Å². The number of halogens is 1. The van der Waals surface area contributed by atoms with Gasteiger partial charge in [0.2, 0.25) is 0 Å². The molecule has 0 radical (unpaired) electrons. The maximum Gasteiger partial charge on any atom is 0.123 e. The second-order valence-electron chi connectivity index (χ2n) is 4.65. The molecule has 0 aromatic heterocycles. The van der Waals surface area contributed by atoms with Crippen LogP contribution >= 0.6 is 0 Å². The van der Waals surface area contributed by atoms with E-state index >= 15 is 0 Å². The predicted molar refractivity (Wildman–Crippen MR) is 61.4 cm³/mol. The van der Waals surface area contributed by atoms with Gasteiger partial charge in [-0.2, -0.15) is 0 Å². The Morgan fingerprint density at radius 1 is 1.40 bits per heavy atom. The van der Waals surface area contributed by atoms with E-state index in [1.165, 1.54) is 6.07 Å². The Hall–Kier alpha value is -1.31. The Labute approximate surface area is 90.0 Å². The number of fused-ring (bicyclic) bond motifs is 1. The van der Waals surface area contributed by atoms with Crippen LogP contribution in [0.3, 0.4) is 0 Å². The van der Waals surface area contributed by atoms with E-state index in [0.29, 0.717) is 5.92 Å². The zero-order valence-corrected chi connectivity index (χ0v) is 9.39. The van der Waals surface area contributed by atoms with Gasteiger partial charge in [-0.15, -0.1) is 0 Å². The Kier molecular flexibility index (Phi) is 2.10. The van der Waals surface area contributed by atoms with Gasteiger partial charge in [-0.25, -0.2) is 4.39 Å². The van der Waals surface area contributed by atoms with Crippen LogP contribution in [0, 0.1) is 11.7 Å². The molecule has 0 aliphatic carbocycles. The molecule has 1 aliphatic rings. The average Bonchev–Trinajstić information content (AvgIpc) is 2.42. The molecule has 80 valence electrons. The molecule has 1 heterocycles. The van der Waals surface area contributed by atoms with E-state index in [4.69, 9.17) is 0 Å². The van der Waals surface area contributed by atoms with E-state index in [-0.39, 0.29) is 11.2 Å². The fraction of sp³-hybridized carbons (Fsp3) is 0.385. The summed E-state index contributed by atoms with van der Waals surface area (Å²) in [5, 5.41) is 3.24. The lowest BCUT2D eigenvalue weighted by Crippen LogP contribution is -2.28. The molecule has 2 rings (SSSR count). The number of rotatable bonds is 1. The van der Waals surface area contributed by atoms with Crippen molar-refractivity contribution < 1.29 is 4.39 Å². The normalized spacial score (nSPS) is 24.2. The molecule has 1 aromatic rings. The zero-order valence-electron chi connectivity index (χ0n) is 9.39. The molecule has 0 spiro atoms. The number of nitrogens with one attached hydrogen (secondary N) is 1. The molecule has 0 amide bonds. The van der Waals surface area contributed by atoms with Crippen LogP contribution in [0.1, 0.15) is 26.3 Å². The summed E-state index contributed by atoms with van der Waals surface area (Å²) in [7, 11) is 0. The number of anilines is 1. The highest BCUT2D eigenvalue weighted by molar-refractivity contribution is 5.67. The third-order valence-corrected chi connectivity index (χ3v) is 3.61. The van der Waals surface area contributed by atoms with Crippen LogP contribution in [0.15, 0.2) is 30.5 Å². The SMILES string of the molecule is C=C1Nc2ccc(F)cc2[C@@]1(C)C(C)C. The third kappa shape index (κ3) is 1.28. The molecule has 0 fully saturated rings. The lowest BCUT2D eigenvalue weighted by atomic mass is 9.73. The van der Waals surface area contributed by atoms with Gasteiger partial charge in [0.1, 0.15) is 5.82 Å². The molecule has 1 N–H and O–H groups in total. The fourth-order valence-corrected chi connectivity index (χ4v) is 2.17. The summed E-state index contributed by atoms with van der Waals surface area (Å²) in [6.45, 7) is 10.4. The van der Waals surface area contributed by atoms with Gasteiger partial charge >= 0.3 is 0 Å². The molecule has 1 nitrogen and oxygen atoms in total. The number of allylic oxidation sites excluding steroid dienone is 1. The van der Waals surface area contributed by atoms with Gasteiger partial charge in [-0.1, -0.05) is 20.4 Å². The molecular weight excluding hydrogens is 189 g/mol. The van der Waals surface area contributed by atoms with Crippen LogP contribution in [-0.2, 0) is 5.41 Å². The zero-order chi connectivity index (χ0) is 11.2. The van der Waals surface area contributed by atoms with Crippen LogP contribution in [0.25, 0.3) is 0 Å². The van der Waals surface area contributed by atoms with Gasteiger partial charge in [-0.05, 0) is 36.6 Å². The number of benzene rings is 1. The molecule has 1 atom stereocenters. The number of hydrogen-bond acceptors (Lipinski definition) is 1. The minimum Gasteiger partial charge on any atom is -0.358 e.